The van der Waals surface area contributed by atoms with Gasteiger partial charge < -0.3 is 19.1 Å². The third-order valence-electron chi connectivity index (χ3n) is 4.32. The topological polar surface area (TPSA) is 62.5 Å². The standard InChI is InChI=1S/C21H20O4/c1-21(2,15-6-4-3-5-7-15)16-8-10-17(11-9-16)24-14-18-12-13-19(25-18)20(22)23/h3-13H,14H2,1-2H3,(H,22,23)/p-1. The molecule has 0 bridgehead atoms. The zero-order valence-electron chi connectivity index (χ0n) is 14.2. The van der Waals surface area contributed by atoms with Crippen LogP contribution >= 0.6 is 0 Å². The minimum Gasteiger partial charge on any atom is -0.542 e. The highest BCUT2D eigenvalue weighted by Gasteiger charge is 2.22. The molecule has 0 spiro atoms. The van der Waals surface area contributed by atoms with E-state index in [0.29, 0.717) is 11.5 Å². The van der Waals surface area contributed by atoms with E-state index < -0.39 is 5.97 Å². The van der Waals surface area contributed by atoms with Crippen molar-refractivity contribution >= 4 is 5.97 Å². The summed E-state index contributed by atoms with van der Waals surface area (Å²) in [7, 11) is 0. The molecule has 0 aliphatic rings. The molecule has 0 aliphatic heterocycles. The van der Waals surface area contributed by atoms with Crippen LogP contribution in [0.15, 0.2) is 71.1 Å². The molecule has 0 fully saturated rings. The minimum absolute atomic E-state index is 0.107. The minimum atomic E-state index is -1.33. The molecule has 0 N–H and O–H groups in total. The maximum Gasteiger partial charge on any atom is 0.149 e. The summed E-state index contributed by atoms with van der Waals surface area (Å²) in [6.45, 7) is 4.53. The fourth-order valence-corrected chi connectivity index (χ4v) is 2.71. The lowest BCUT2D eigenvalue weighted by Crippen LogP contribution is -2.21. The van der Waals surface area contributed by atoms with Gasteiger partial charge >= 0.3 is 0 Å². The third kappa shape index (κ3) is 3.74. The molecule has 0 unspecified atom stereocenters. The summed E-state index contributed by atoms with van der Waals surface area (Å²) in [6, 6.07) is 21.2. The first-order valence-electron chi connectivity index (χ1n) is 8.06. The lowest BCUT2D eigenvalue weighted by atomic mass is 9.78. The molecule has 4 heteroatoms. The van der Waals surface area contributed by atoms with Gasteiger partial charge in [0.1, 0.15) is 29.8 Å². The van der Waals surface area contributed by atoms with E-state index in [4.69, 9.17) is 9.15 Å². The van der Waals surface area contributed by atoms with Crippen LogP contribution in [0.1, 0.15) is 41.3 Å². The molecule has 3 aromatic rings. The summed E-state index contributed by atoms with van der Waals surface area (Å²) in [4.78, 5) is 10.7. The second-order valence-electron chi connectivity index (χ2n) is 6.36. The molecule has 0 aliphatic carbocycles. The summed E-state index contributed by atoms with van der Waals surface area (Å²) in [5.74, 6) is -0.399. The van der Waals surface area contributed by atoms with Crippen molar-refractivity contribution in [3.8, 4) is 5.75 Å². The normalized spacial score (nSPS) is 11.3. The average molecular weight is 335 g/mol. The number of hydrogen-bond acceptors (Lipinski definition) is 4. The molecule has 25 heavy (non-hydrogen) atoms. The molecule has 0 amide bonds. The van der Waals surface area contributed by atoms with Crippen molar-refractivity contribution in [3.05, 3.63) is 89.4 Å². The van der Waals surface area contributed by atoms with E-state index in [1.807, 2.05) is 42.5 Å². The number of furan rings is 1. The molecular formula is C21H19O4-. The van der Waals surface area contributed by atoms with Gasteiger partial charge in [-0.1, -0.05) is 56.3 Å². The van der Waals surface area contributed by atoms with Crippen LogP contribution in [0.3, 0.4) is 0 Å². The van der Waals surface area contributed by atoms with Crippen molar-refractivity contribution < 1.29 is 19.1 Å². The predicted molar refractivity (Wildman–Crippen MR) is 92.4 cm³/mol. The lowest BCUT2D eigenvalue weighted by Gasteiger charge is -2.26. The number of hydrogen-bond donors (Lipinski definition) is 0. The van der Waals surface area contributed by atoms with Crippen LogP contribution in [0, 0.1) is 0 Å². The van der Waals surface area contributed by atoms with E-state index >= 15 is 0 Å². The van der Waals surface area contributed by atoms with Crippen molar-refractivity contribution in [2.24, 2.45) is 0 Å². The Balaban J connectivity index is 1.68. The van der Waals surface area contributed by atoms with Crippen molar-refractivity contribution in [1.82, 2.24) is 0 Å². The van der Waals surface area contributed by atoms with Crippen LogP contribution < -0.4 is 9.84 Å². The summed E-state index contributed by atoms with van der Waals surface area (Å²) in [5.41, 5.74) is 2.32. The molecule has 0 radical (unpaired) electrons. The SMILES string of the molecule is CC(C)(c1ccccc1)c1ccc(OCc2ccc(C(=O)[O-])o2)cc1. The van der Waals surface area contributed by atoms with Crippen molar-refractivity contribution in [3.63, 3.8) is 0 Å². The Labute approximate surface area is 146 Å². The van der Waals surface area contributed by atoms with Crippen molar-refractivity contribution in [1.29, 1.82) is 0 Å². The quantitative estimate of drug-likeness (QED) is 0.691. The van der Waals surface area contributed by atoms with Gasteiger partial charge in [0.2, 0.25) is 0 Å². The summed E-state index contributed by atoms with van der Waals surface area (Å²) in [5, 5.41) is 10.7. The second-order valence-corrected chi connectivity index (χ2v) is 6.36. The summed E-state index contributed by atoms with van der Waals surface area (Å²) < 4.78 is 10.8. The lowest BCUT2D eigenvalue weighted by molar-refractivity contribution is -0.257. The van der Waals surface area contributed by atoms with Gasteiger partial charge in [0.25, 0.3) is 0 Å². The van der Waals surface area contributed by atoms with Gasteiger partial charge in [-0.25, -0.2) is 0 Å². The number of ether oxygens (including phenoxy) is 1. The second kappa shape index (κ2) is 6.85. The molecule has 3 rings (SSSR count). The average Bonchev–Trinajstić information content (AvgIpc) is 3.10. The van der Waals surface area contributed by atoms with Crippen molar-refractivity contribution in [2.75, 3.05) is 0 Å². The highest BCUT2D eigenvalue weighted by molar-refractivity contribution is 5.82. The number of aromatic carboxylic acids is 1. The molecule has 2 aromatic carbocycles. The molecule has 0 saturated carbocycles. The monoisotopic (exact) mass is 335 g/mol. The van der Waals surface area contributed by atoms with Gasteiger partial charge in [-0.2, -0.15) is 0 Å². The smallest absolute Gasteiger partial charge is 0.149 e. The van der Waals surface area contributed by atoms with Gasteiger partial charge in [-0.15, -0.1) is 0 Å². The van der Waals surface area contributed by atoms with Gasteiger partial charge in [0.05, 0.1) is 0 Å². The van der Waals surface area contributed by atoms with E-state index in [9.17, 15) is 9.90 Å². The van der Waals surface area contributed by atoms with Crippen LogP contribution in [-0.4, -0.2) is 5.97 Å². The molecule has 1 aromatic heterocycles. The number of carboxylic acids is 1. The third-order valence-corrected chi connectivity index (χ3v) is 4.32. The number of carbonyl (C=O) groups excluding carboxylic acids is 1. The van der Waals surface area contributed by atoms with Crippen LogP contribution in [0.2, 0.25) is 0 Å². The fourth-order valence-electron chi connectivity index (χ4n) is 2.71. The molecule has 1 heterocycles. The van der Waals surface area contributed by atoms with Gasteiger partial charge in [-0.3, -0.25) is 0 Å². The Morgan fingerprint density at radius 2 is 1.60 bits per heavy atom. The first-order chi connectivity index (χ1) is 12.0. The number of benzene rings is 2. The van der Waals surface area contributed by atoms with E-state index in [0.717, 1.165) is 0 Å². The predicted octanol–water partition coefficient (Wildman–Crippen LogP) is 3.55. The molecule has 0 atom stereocenters. The van der Waals surface area contributed by atoms with Crippen LogP contribution in [-0.2, 0) is 12.0 Å². The molecule has 4 nitrogen and oxygen atoms in total. The van der Waals surface area contributed by atoms with E-state index in [-0.39, 0.29) is 17.8 Å². The van der Waals surface area contributed by atoms with E-state index in [1.165, 1.54) is 17.2 Å². The fraction of sp³-hybridized carbons (Fsp3) is 0.190. The Morgan fingerprint density at radius 1 is 0.960 bits per heavy atom. The van der Waals surface area contributed by atoms with Gasteiger partial charge in [0, 0.05) is 5.41 Å². The number of carbonyl (C=O) groups is 1. The Morgan fingerprint density at radius 3 is 2.20 bits per heavy atom. The Bertz CT molecular complexity index is 845. The Hall–Kier alpha value is -3.01. The van der Waals surface area contributed by atoms with Crippen molar-refractivity contribution in [2.45, 2.75) is 25.9 Å². The van der Waals surface area contributed by atoms with Gasteiger partial charge in [-0.05, 0) is 35.4 Å². The van der Waals surface area contributed by atoms with E-state index in [1.54, 1.807) is 6.07 Å². The Kier molecular flexibility index (Phi) is 4.61. The molecule has 0 saturated heterocycles. The van der Waals surface area contributed by atoms with Crippen LogP contribution in [0.4, 0.5) is 0 Å². The first-order valence-corrected chi connectivity index (χ1v) is 8.06. The molecular weight excluding hydrogens is 316 g/mol. The number of carboxylic acid groups (broad SMARTS) is 1. The molecule has 128 valence electrons. The summed E-state index contributed by atoms with van der Waals surface area (Å²) >= 11 is 0. The maximum absolute atomic E-state index is 10.7. The zero-order chi connectivity index (χ0) is 17.9. The van der Waals surface area contributed by atoms with Crippen LogP contribution in [0.25, 0.3) is 0 Å². The maximum atomic E-state index is 10.7. The van der Waals surface area contributed by atoms with Gasteiger partial charge in [0.15, 0.2) is 0 Å². The largest absolute Gasteiger partial charge is 0.542 e. The zero-order valence-corrected chi connectivity index (χ0v) is 14.2. The summed E-state index contributed by atoms with van der Waals surface area (Å²) in [6.07, 6.45) is 0. The van der Waals surface area contributed by atoms with Crippen LogP contribution in [0.5, 0.6) is 5.75 Å². The first kappa shape index (κ1) is 16.8. The highest BCUT2D eigenvalue weighted by atomic mass is 16.5. The number of rotatable bonds is 6. The highest BCUT2D eigenvalue weighted by Crippen LogP contribution is 2.32. The van der Waals surface area contributed by atoms with E-state index in [2.05, 4.69) is 26.0 Å².